The maximum absolute atomic E-state index is 10.9. The molecule has 1 saturated heterocycles. The van der Waals surface area contributed by atoms with Crippen LogP contribution in [-0.4, -0.2) is 32.5 Å². The second kappa shape index (κ2) is 4.85. The third-order valence-corrected chi connectivity index (χ3v) is 2.33. The van der Waals surface area contributed by atoms with Crippen molar-refractivity contribution in [3.63, 3.8) is 0 Å². The molecule has 0 aromatic heterocycles. The lowest BCUT2D eigenvalue weighted by Crippen LogP contribution is -2.40. The molecule has 1 amide bonds. The standard InChI is InChI=1S/C11H14N2O3/c1-15-11(14)13-9-4-2-8(3-5-9)12-10-6-16-7-10/h2-5,10,12H,6-7H2,1H3,(H,13,14). The highest BCUT2D eigenvalue weighted by Gasteiger charge is 2.17. The van der Waals surface area contributed by atoms with Crippen LogP contribution in [0.25, 0.3) is 0 Å². The summed E-state index contributed by atoms with van der Waals surface area (Å²) in [4.78, 5) is 10.9. The zero-order chi connectivity index (χ0) is 11.4. The Kier molecular flexibility index (Phi) is 3.26. The SMILES string of the molecule is COC(=O)Nc1ccc(NC2COC2)cc1. The van der Waals surface area contributed by atoms with Crippen LogP contribution in [0.15, 0.2) is 24.3 Å². The van der Waals surface area contributed by atoms with E-state index < -0.39 is 6.09 Å². The Balaban J connectivity index is 1.90. The first-order valence-corrected chi connectivity index (χ1v) is 5.07. The monoisotopic (exact) mass is 222 g/mol. The number of nitrogens with one attached hydrogen (secondary N) is 2. The molecule has 2 N–H and O–H groups in total. The molecule has 0 bridgehead atoms. The highest BCUT2D eigenvalue weighted by molar-refractivity contribution is 5.84. The number of rotatable bonds is 3. The van der Waals surface area contributed by atoms with Crippen LogP contribution < -0.4 is 10.6 Å². The lowest BCUT2D eigenvalue weighted by atomic mass is 10.2. The van der Waals surface area contributed by atoms with Gasteiger partial charge in [0.1, 0.15) is 0 Å². The number of hydrogen-bond acceptors (Lipinski definition) is 4. The van der Waals surface area contributed by atoms with Crippen LogP contribution in [-0.2, 0) is 9.47 Å². The van der Waals surface area contributed by atoms with Gasteiger partial charge in [0.05, 0.1) is 26.4 Å². The summed E-state index contributed by atoms with van der Waals surface area (Å²) in [5.74, 6) is 0. The highest BCUT2D eigenvalue weighted by atomic mass is 16.5. The van der Waals surface area contributed by atoms with Crippen LogP contribution in [0.1, 0.15) is 0 Å². The summed E-state index contributed by atoms with van der Waals surface area (Å²) in [5, 5.41) is 5.89. The first kappa shape index (κ1) is 10.8. The first-order chi connectivity index (χ1) is 7.78. The number of hydrogen-bond donors (Lipinski definition) is 2. The molecule has 1 heterocycles. The maximum atomic E-state index is 10.9. The van der Waals surface area contributed by atoms with E-state index in [2.05, 4.69) is 15.4 Å². The van der Waals surface area contributed by atoms with Crippen LogP contribution in [0.4, 0.5) is 16.2 Å². The molecule has 2 rings (SSSR count). The summed E-state index contributed by atoms with van der Waals surface area (Å²) < 4.78 is 9.56. The van der Waals surface area contributed by atoms with Gasteiger partial charge in [-0.1, -0.05) is 0 Å². The molecule has 0 saturated carbocycles. The van der Waals surface area contributed by atoms with Crippen molar-refractivity contribution >= 4 is 17.5 Å². The number of benzene rings is 1. The van der Waals surface area contributed by atoms with Crippen molar-refractivity contribution in [2.75, 3.05) is 31.0 Å². The van der Waals surface area contributed by atoms with Crippen LogP contribution in [0.3, 0.4) is 0 Å². The van der Waals surface area contributed by atoms with E-state index in [1.54, 1.807) is 0 Å². The molecular formula is C11H14N2O3. The topological polar surface area (TPSA) is 59.6 Å². The third-order valence-electron chi connectivity index (χ3n) is 2.33. The number of methoxy groups -OCH3 is 1. The van der Waals surface area contributed by atoms with Crippen molar-refractivity contribution < 1.29 is 14.3 Å². The number of carbonyl (C=O) groups is 1. The van der Waals surface area contributed by atoms with Gasteiger partial charge in [0, 0.05) is 11.4 Å². The Morgan fingerprint density at radius 2 is 1.94 bits per heavy atom. The van der Waals surface area contributed by atoms with Gasteiger partial charge in [-0.3, -0.25) is 5.32 Å². The highest BCUT2D eigenvalue weighted by Crippen LogP contribution is 2.16. The molecule has 0 atom stereocenters. The average molecular weight is 222 g/mol. The fraction of sp³-hybridized carbons (Fsp3) is 0.364. The predicted octanol–water partition coefficient (Wildman–Crippen LogP) is 1.68. The van der Waals surface area contributed by atoms with Crippen molar-refractivity contribution in [2.45, 2.75) is 6.04 Å². The molecule has 0 unspecified atom stereocenters. The lowest BCUT2D eigenvalue weighted by Gasteiger charge is -2.27. The molecule has 1 aliphatic heterocycles. The van der Waals surface area contributed by atoms with Crippen LogP contribution in [0.2, 0.25) is 0 Å². The van der Waals surface area contributed by atoms with Gasteiger partial charge in [-0.15, -0.1) is 0 Å². The molecule has 1 fully saturated rings. The zero-order valence-electron chi connectivity index (χ0n) is 9.03. The summed E-state index contributed by atoms with van der Waals surface area (Å²) in [5.41, 5.74) is 1.73. The van der Waals surface area contributed by atoms with E-state index in [9.17, 15) is 4.79 Å². The van der Waals surface area contributed by atoms with E-state index in [-0.39, 0.29) is 0 Å². The summed E-state index contributed by atoms with van der Waals surface area (Å²) in [6.45, 7) is 1.50. The Labute approximate surface area is 93.7 Å². The number of amides is 1. The first-order valence-electron chi connectivity index (χ1n) is 5.07. The van der Waals surface area contributed by atoms with E-state index in [1.165, 1.54) is 7.11 Å². The summed E-state index contributed by atoms with van der Waals surface area (Å²) in [6.07, 6.45) is -0.465. The molecule has 0 spiro atoms. The minimum atomic E-state index is -0.465. The molecule has 16 heavy (non-hydrogen) atoms. The van der Waals surface area contributed by atoms with Crippen LogP contribution in [0.5, 0.6) is 0 Å². The molecule has 1 aliphatic rings. The van der Waals surface area contributed by atoms with E-state index >= 15 is 0 Å². The van der Waals surface area contributed by atoms with Crippen LogP contribution >= 0.6 is 0 Å². The van der Waals surface area contributed by atoms with E-state index in [0.717, 1.165) is 18.9 Å². The van der Waals surface area contributed by atoms with Crippen LogP contribution in [0, 0.1) is 0 Å². The van der Waals surface area contributed by atoms with Gasteiger partial charge >= 0.3 is 6.09 Å². The van der Waals surface area contributed by atoms with E-state index in [4.69, 9.17) is 4.74 Å². The fourth-order valence-electron chi connectivity index (χ4n) is 1.37. The van der Waals surface area contributed by atoms with Crippen molar-refractivity contribution in [2.24, 2.45) is 0 Å². The van der Waals surface area contributed by atoms with Gasteiger partial charge in [0.25, 0.3) is 0 Å². The fourth-order valence-corrected chi connectivity index (χ4v) is 1.37. The Bertz CT molecular complexity index is 360. The lowest BCUT2D eigenvalue weighted by molar-refractivity contribution is 0.0211. The molecule has 1 aromatic rings. The molecule has 5 nitrogen and oxygen atoms in total. The van der Waals surface area contributed by atoms with Gasteiger partial charge in [-0.05, 0) is 24.3 Å². The van der Waals surface area contributed by atoms with Crippen molar-refractivity contribution in [3.05, 3.63) is 24.3 Å². The largest absolute Gasteiger partial charge is 0.453 e. The summed E-state index contributed by atoms with van der Waals surface area (Å²) in [6, 6.07) is 7.85. The summed E-state index contributed by atoms with van der Waals surface area (Å²) in [7, 11) is 1.34. The minimum absolute atomic E-state index is 0.402. The zero-order valence-corrected chi connectivity index (χ0v) is 9.03. The molecule has 1 aromatic carbocycles. The minimum Gasteiger partial charge on any atom is -0.453 e. The summed E-state index contributed by atoms with van der Waals surface area (Å²) >= 11 is 0. The average Bonchev–Trinajstić information content (AvgIpc) is 2.25. The quantitative estimate of drug-likeness (QED) is 0.816. The Morgan fingerprint density at radius 3 is 2.44 bits per heavy atom. The Morgan fingerprint density at radius 1 is 1.31 bits per heavy atom. The smallest absolute Gasteiger partial charge is 0.411 e. The molecule has 5 heteroatoms. The van der Waals surface area contributed by atoms with Gasteiger partial charge in [-0.25, -0.2) is 4.79 Å². The molecule has 86 valence electrons. The molecular weight excluding hydrogens is 208 g/mol. The third kappa shape index (κ3) is 2.64. The van der Waals surface area contributed by atoms with Gasteiger partial charge < -0.3 is 14.8 Å². The van der Waals surface area contributed by atoms with E-state index in [1.807, 2.05) is 24.3 Å². The number of carbonyl (C=O) groups excluding carboxylic acids is 1. The molecule has 0 aliphatic carbocycles. The van der Waals surface area contributed by atoms with Crippen molar-refractivity contribution in [1.29, 1.82) is 0 Å². The maximum Gasteiger partial charge on any atom is 0.411 e. The van der Waals surface area contributed by atoms with Crippen molar-refractivity contribution in [1.82, 2.24) is 0 Å². The Hall–Kier alpha value is -1.75. The molecule has 0 radical (unpaired) electrons. The van der Waals surface area contributed by atoms with Gasteiger partial charge in [-0.2, -0.15) is 0 Å². The van der Waals surface area contributed by atoms with Crippen molar-refractivity contribution in [3.8, 4) is 0 Å². The normalized spacial score (nSPS) is 15.1. The second-order valence-corrected chi connectivity index (χ2v) is 3.57. The van der Waals surface area contributed by atoms with Gasteiger partial charge in [0.2, 0.25) is 0 Å². The number of ether oxygens (including phenoxy) is 2. The van der Waals surface area contributed by atoms with E-state index in [0.29, 0.717) is 11.7 Å². The predicted molar refractivity (Wildman–Crippen MR) is 60.7 cm³/mol. The number of anilines is 2. The van der Waals surface area contributed by atoms with Gasteiger partial charge in [0.15, 0.2) is 0 Å². The second-order valence-electron chi connectivity index (χ2n) is 3.57.